The zero-order chi connectivity index (χ0) is 50.5. The fraction of sp³-hybridized carbons (Fsp3) is 0.0149. The number of aryl methyl sites for hydroxylation is 1. The van der Waals surface area contributed by atoms with Crippen molar-refractivity contribution in [3.8, 4) is 101 Å². The molecule has 13 rings (SSSR count). The molecule has 0 saturated heterocycles. The third-order valence-electron chi connectivity index (χ3n) is 13.5. The molecule has 0 atom stereocenters. The molecule has 0 bridgehead atoms. The van der Waals surface area contributed by atoms with Gasteiger partial charge in [-0.15, -0.1) is 101 Å². The van der Waals surface area contributed by atoms with Crippen molar-refractivity contribution >= 4 is 27.3 Å². The van der Waals surface area contributed by atoms with Gasteiger partial charge < -0.3 is 19.4 Å². The number of imidazole rings is 1. The molecule has 0 radical (unpaired) electrons. The molecule has 344 valence electrons. The van der Waals surface area contributed by atoms with Gasteiger partial charge in [-0.3, -0.25) is 0 Å². The first-order valence-corrected chi connectivity index (χ1v) is 23.9. The predicted molar refractivity (Wildman–Crippen MR) is 294 cm³/mol. The van der Waals surface area contributed by atoms with E-state index in [2.05, 4.69) is 140 Å². The summed E-state index contributed by atoms with van der Waals surface area (Å²) >= 11 is 0. The van der Waals surface area contributed by atoms with Gasteiger partial charge in [-0.05, 0) is 120 Å². The molecule has 0 amide bonds. The van der Waals surface area contributed by atoms with Gasteiger partial charge in [0, 0.05) is 28.3 Å². The third kappa shape index (κ3) is 8.33. The van der Waals surface area contributed by atoms with Crippen LogP contribution in [0.15, 0.2) is 237 Å². The summed E-state index contributed by atoms with van der Waals surface area (Å²) in [6.45, 7) is -2.51. The summed E-state index contributed by atoms with van der Waals surface area (Å²) in [6, 6.07) is 84.0. The van der Waals surface area contributed by atoms with Crippen molar-refractivity contribution in [3.05, 3.63) is 261 Å². The SMILES string of the molecule is [2H]C([2H])([2H])c1nc(-c2ccccc2)c2c3cc(-c4ccccc4-c4cc(-c5ccccc5-c5ccc(-c6[c-]cccc6)nc5)cc(-c5ccccc5-c5ccc(-c6[c-]cccc6)nc5)c4)cnc3c3[c-]cccc3n12.[Ir+3]. The normalized spacial score (nSPS) is 12.0. The quantitative estimate of drug-likeness (QED) is 0.107. The Balaban J connectivity index is 0.00000582. The van der Waals surface area contributed by atoms with Crippen molar-refractivity contribution in [2.75, 3.05) is 0 Å². The van der Waals surface area contributed by atoms with Crippen LogP contribution in [-0.2, 0) is 20.1 Å². The van der Waals surface area contributed by atoms with Crippen LogP contribution in [0, 0.1) is 25.1 Å². The Labute approximate surface area is 441 Å². The maximum absolute atomic E-state index is 8.69. The van der Waals surface area contributed by atoms with E-state index in [1.165, 1.54) is 0 Å². The molecule has 5 heterocycles. The van der Waals surface area contributed by atoms with E-state index in [1.54, 1.807) is 4.40 Å². The summed E-state index contributed by atoms with van der Waals surface area (Å²) in [6.07, 6.45) is 5.82. The van der Waals surface area contributed by atoms with Gasteiger partial charge in [0.1, 0.15) is 5.82 Å². The van der Waals surface area contributed by atoms with E-state index in [0.717, 1.165) is 100 Å². The van der Waals surface area contributed by atoms with Crippen LogP contribution in [0.2, 0.25) is 0 Å². The smallest absolute Gasteiger partial charge is 0.339 e. The Hall–Kier alpha value is -8.93. The number of hydrogen-bond acceptors (Lipinski definition) is 4. The number of hydrogen-bond donors (Lipinski definition) is 0. The molecule has 8 aromatic carbocycles. The molecule has 13 aromatic rings. The van der Waals surface area contributed by atoms with Gasteiger partial charge in [-0.1, -0.05) is 133 Å². The Morgan fingerprint density at radius 1 is 0.411 bits per heavy atom. The Bertz CT molecular complexity index is 4110. The molecule has 0 saturated carbocycles. The first kappa shape index (κ1) is 41.8. The van der Waals surface area contributed by atoms with E-state index in [-0.39, 0.29) is 25.9 Å². The minimum Gasteiger partial charge on any atom is -0.339 e. The average molecular weight is 1110 g/mol. The van der Waals surface area contributed by atoms with Crippen LogP contribution in [0.25, 0.3) is 128 Å². The van der Waals surface area contributed by atoms with Crippen LogP contribution in [0.5, 0.6) is 0 Å². The molecule has 0 N–H and O–H groups in total. The van der Waals surface area contributed by atoms with Gasteiger partial charge in [-0.2, -0.15) is 0 Å². The first-order valence-electron chi connectivity index (χ1n) is 25.4. The second-order valence-corrected chi connectivity index (χ2v) is 17.7. The van der Waals surface area contributed by atoms with Gasteiger partial charge in [-0.25, -0.2) is 4.98 Å². The zero-order valence-corrected chi connectivity index (χ0v) is 41.5. The van der Waals surface area contributed by atoms with Gasteiger partial charge >= 0.3 is 20.1 Å². The van der Waals surface area contributed by atoms with E-state index < -0.39 is 6.85 Å². The van der Waals surface area contributed by atoms with Crippen molar-refractivity contribution in [1.29, 1.82) is 0 Å². The molecule has 0 fully saturated rings. The fourth-order valence-electron chi connectivity index (χ4n) is 10.1. The minimum absolute atomic E-state index is 0. The van der Waals surface area contributed by atoms with E-state index in [1.807, 2.05) is 116 Å². The molecule has 0 aliphatic heterocycles. The molecular formula is C67H42IrN5. The Morgan fingerprint density at radius 3 is 1.38 bits per heavy atom. The third-order valence-corrected chi connectivity index (χ3v) is 13.5. The van der Waals surface area contributed by atoms with Gasteiger partial charge in [0.05, 0.1) is 11.2 Å². The molecule has 0 aliphatic carbocycles. The van der Waals surface area contributed by atoms with Crippen molar-refractivity contribution in [2.45, 2.75) is 6.85 Å². The Morgan fingerprint density at radius 2 is 0.890 bits per heavy atom. The summed E-state index contributed by atoms with van der Waals surface area (Å²) in [4.78, 5) is 20.0. The molecular weight excluding hydrogens is 1070 g/mol. The second kappa shape index (κ2) is 19.3. The summed E-state index contributed by atoms with van der Waals surface area (Å²) in [5.41, 5.74) is 19.1. The first-order chi connectivity index (χ1) is 36.8. The number of nitrogens with zero attached hydrogens (tertiary/aromatic N) is 5. The zero-order valence-electron chi connectivity index (χ0n) is 42.1. The molecule has 6 heteroatoms. The van der Waals surface area contributed by atoms with Crippen LogP contribution in [0.3, 0.4) is 0 Å². The molecule has 0 unspecified atom stereocenters. The largest absolute Gasteiger partial charge is 3.00 e. The van der Waals surface area contributed by atoms with Crippen LogP contribution in [0.4, 0.5) is 0 Å². The van der Waals surface area contributed by atoms with Crippen LogP contribution < -0.4 is 0 Å². The predicted octanol–water partition coefficient (Wildman–Crippen LogP) is 16.5. The van der Waals surface area contributed by atoms with Crippen LogP contribution in [-0.4, -0.2) is 24.3 Å². The molecule has 5 nitrogen and oxygen atoms in total. The van der Waals surface area contributed by atoms with Crippen molar-refractivity contribution in [3.63, 3.8) is 0 Å². The summed E-state index contributed by atoms with van der Waals surface area (Å²) in [5, 5.41) is 1.48. The summed E-state index contributed by atoms with van der Waals surface area (Å²) in [7, 11) is 0. The minimum atomic E-state index is -2.51. The van der Waals surface area contributed by atoms with E-state index >= 15 is 0 Å². The maximum atomic E-state index is 8.69. The topological polar surface area (TPSA) is 56.0 Å². The van der Waals surface area contributed by atoms with E-state index in [0.29, 0.717) is 27.6 Å². The molecule has 5 aromatic heterocycles. The van der Waals surface area contributed by atoms with Crippen molar-refractivity contribution < 1.29 is 24.2 Å². The molecule has 0 spiro atoms. The van der Waals surface area contributed by atoms with Gasteiger partial charge in [0.2, 0.25) is 0 Å². The van der Waals surface area contributed by atoms with Crippen molar-refractivity contribution in [1.82, 2.24) is 24.3 Å². The number of aromatic nitrogens is 5. The number of benzene rings is 8. The number of pyridine rings is 4. The van der Waals surface area contributed by atoms with Crippen LogP contribution >= 0.6 is 0 Å². The van der Waals surface area contributed by atoms with Crippen molar-refractivity contribution in [2.24, 2.45) is 0 Å². The van der Waals surface area contributed by atoms with Gasteiger partial charge in [0.15, 0.2) is 0 Å². The Kier molecular flexibility index (Phi) is 11.1. The molecule has 73 heavy (non-hydrogen) atoms. The summed E-state index contributed by atoms with van der Waals surface area (Å²) in [5.74, 6) is -0.0126. The van der Waals surface area contributed by atoms with E-state index in [4.69, 9.17) is 24.0 Å². The van der Waals surface area contributed by atoms with Gasteiger partial charge in [0.25, 0.3) is 0 Å². The summed E-state index contributed by atoms with van der Waals surface area (Å²) < 4.78 is 27.9. The maximum Gasteiger partial charge on any atom is 3.00 e. The molecule has 0 aliphatic rings. The monoisotopic (exact) mass is 1110 g/mol. The second-order valence-electron chi connectivity index (χ2n) is 17.7. The standard InChI is InChI=1S/C67H42N5.Ir/c1-44-71-65(47-23-9-4-10-24-47)67-61-40-53(43-70-66(61)60-31-17-18-32-64(60)72(44)67)59-30-16-15-29-58(59)52-38-50(56-27-13-11-25-54(56)48-33-35-62(68-41-48)45-19-5-2-6-20-45)37-51(39-52)57-28-14-12-26-55(57)49-34-36-63(69-42-49)46-21-7-3-8-22-46;/h2-19,21,23-30,32-43H,1H3;/q-3;+3/i1D3;. The number of rotatable bonds is 9. The van der Waals surface area contributed by atoms with E-state index in [9.17, 15) is 0 Å². The fourth-order valence-corrected chi connectivity index (χ4v) is 10.1. The van der Waals surface area contributed by atoms with Crippen LogP contribution in [0.1, 0.15) is 9.94 Å². The number of fused-ring (bicyclic) bond motifs is 6. The average Bonchev–Trinajstić information content (AvgIpc) is 4.00.